The van der Waals surface area contributed by atoms with E-state index >= 15 is 0 Å². The van der Waals surface area contributed by atoms with Gasteiger partial charge in [0.25, 0.3) is 0 Å². The predicted octanol–water partition coefficient (Wildman–Crippen LogP) is 4.87. The number of ether oxygens (including phenoxy) is 1. The zero-order valence-electron chi connectivity index (χ0n) is 20.6. The van der Waals surface area contributed by atoms with Gasteiger partial charge in [-0.2, -0.15) is 5.26 Å². The van der Waals surface area contributed by atoms with Gasteiger partial charge in [-0.15, -0.1) is 0 Å². The first-order chi connectivity index (χ1) is 17.1. The molecule has 1 aromatic heterocycles. The molecular formula is C28H29FN4O3. The molecule has 8 heteroatoms. The van der Waals surface area contributed by atoms with Crippen LogP contribution in [0.4, 0.5) is 9.18 Å². The van der Waals surface area contributed by atoms with Gasteiger partial charge in [-0.1, -0.05) is 12.1 Å². The van der Waals surface area contributed by atoms with Crippen molar-refractivity contribution in [1.29, 1.82) is 5.26 Å². The number of hydrogen-bond acceptors (Lipinski definition) is 5. The molecule has 2 heterocycles. The van der Waals surface area contributed by atoms with E-state index in [2.05, 4.69) is 16.4 Å². The Morgan fingerprint density at radius 2 is 2.00 bits per heavy atom. The molecule has 1 N–H and O–H groups in total. The third-order valence-corrected chi connectivity index (χ3v) is 7.08. The van der Waals surface area contributed by atoms with Crippen LogP contribution in [0.25, 0.3) is 21.7 Å². The van der Waals surface area contributed by atoms with Crippen molar-refractivity contribution in [1.82, 2.24) is 15.2 Å². The van der Waals surface area contributed by atoms with E-state index < -0.39 is 23.8 Å². The average molecular weight is 489 g/mol. The fourth-order valence-electron chi connectivity index (χ4n) is 5.59. The molecule has 186 valence electrons. The van der Waals surface area contributed by atoms with E-state index in [1.165, 1.54) is 12.1 Å². The van der Waals surface area contributed by atoms with Gasteiger partial charge in [-0.05, 0) is 75.1 Å². The minimum absolute atomic E-state index is 0.00239. The minimum atomic E-state index is -0.753. The second-order valence-corrected chi connectivity index (χ2v) is 10.8. The highest BCUT2D eigenvalue weighted by Gasteiger charge is 2.52. The molecule has 0 spiro atoms. The summed E-state index contributed by atoms with van der Waals surface area (Å²) in [6, 6.07) is 11.1. The number of nitrogens with one attached hydrogen (secondary N) is 1. The summed E-state index contributed by atoms with van der Waals surface area (Å²) in [6.45, 7) is 5.42. The molecule has 1 saturated heterocycles. The zero-order valence-corrected chi connectivity index (χ0v) is 20.6. The van der Waals surface area contributed by atoms with Crippen molar-refractivity contribution >= 4 is 33.7 Å². The van der Waals surface area contributed by atoms with E-state index in [-0.39, 0.29) is 23.7 Å². The van der Waals surface area contributed by atoms with Crippen molar-refractivity contribution in [2.75, 3.05) is 0 Å². The molecular weight excluding hydrogens is 459 g/mol. The molecule has 7 nitrogen and oxygen atoms in total. The molecule has 2 fully saturated rings. The summed E-state index contributed by atoms with van der Waals surface area (Å²) in [4.78, 5) is 32.1. The number of likely N-dealkylation sites (tertiary alicyclic amines) is 1. The number of pyridine rings is 1. The molecule has 36 heavy (non-hydrogen) atoms. The summed E-state index contributed by atoms with van der Waals surface area (Å²) in [6.07, 6.45) is 4.06. The van der Waals surface area contributed by atoms with Crippen molar-refractivity contribution in [3.8, 4) is 6.07 Å². The normalized spacial score (nSPS) is 22.0. The monoisotopic (exact) mass is 488 g/mol. The van der Waals surface area contributed by atoms with E-state index in [1.807, 2.05) is 18.2 Å². The Kier molecular flexibility index (Phi) is 6.03. The summed E-state index contributed by atoms with van der Waals surface area (Å²) in [5.74, 6) is -0.568. The molecule has 2 aromatic carbocycles. The number of carbonyl (C=O) groups excluding carboxylic acids is 2. The minimum Gasteiger partial charge on any atom is -0.444 e. The van der Waals surface area contributed by atoms with Crippen LogP contribution in [0.2, 0.25) is 0 Å². The lowest BCUT2D eigenvalue weighted by molar-refractivity contribution is -0.128. The molecule has 2 aliphatic rings. The number of hydrogen-bond donors (Lipinski definition) is 1. The zero-order chi connectivity index (χ0) is 25.6. The van der Waals surface area contributed by atoms with Crippen LogP contribution >= 0.6 is 0 Å². The molecule has 4 unspecified atom stereocenters. The second-order valence-electron chi connectivity index (χ2n) is 10.8. The van der Waals surface area contributed by atoms with Gasteiger partial charge in [0.1, 0.15) is 23.5 Å². The number of nitrogens with zero attached hydrogens (tertiary/aromatic N) is 3. The van der Waals surface area contributed by atoms with Gasteiger partial charge in [0, 0.05) is 35.5 Å². The Labute approximate surface area is 209 Å². The quantitative estimate of drug-likeness (QED) is 0.529. The number of nitriles is 1. The Hall–Kier alpha value is -3.73. The highest BCUT2D eigenvalue weighted by Crippen LogP contribution is 2.43. The lowest BCUT2D eigenvalue weighted by Gasteiger charge is -2.35. The van der Waals surface area contributed by atoms with Crippen molar-refractivity contribution < 1.29 is 18.7 Å². The highest BCUT2D eigenvalue weighted by molar-refractivity contribution is 6.05. The number of piperidine rings is 1. The summed E-state index contributed by atoms with van der Waals surface area (Å²) in [5.41, 5.74) is 0.798. The molecule has 1 aliphatic heterocycles. The Morgan fingerprint density at radius 1 is 1.22 bits per heavy atom. The van der Waals surface area contributed by atoms with E-state index in [0.29, 0.717) is 11.9 Å². The second kappa shape index (κ2) is 9.05. The fraction of sp³-hybridized carbons (Fsp3) is 0.429. The van der Waals surface area contributed by atoms with Crippen LogP contribution in [-0.2, 0) is 16.0 Å². The van der Waals surface area contributed by atoms with Gasteiger partial charge < -0.3 is 10.1 Å². The largest absolute Gasteiger partial charge is 0.444 e. The number of benzene rings is 2. The third kappa shape index (κ3) is 4.58. The molecule has 1 saturated carbocycles. The van der Waals surface area contributed by atoms with E-state index in [0.717, 1.165) is 41.0 Å². The van der Waals surface area contributed by atoms with Crippen LogP contribution in [0.3, 0.4) is 0 Å². The van der Waals surface area contributed by atoms with Crippen LogP contribution in [0, 0.1) is 23.1 Å². The number of fused-ring (bicyclic) bond motifs is 5. The van der Waals surface area contributed by atoms with E-state index in [4.69, 9.17) is 4.74 Å². The van der Waals surface area contributed by atoms with Crippen molar-refractivity contribution in [2.45, 2.75) is 70.2 Å². The van der Waals surface area contributed by atoms with Crippen LogP contribution < -0.4 is 5.32 Å². The summed E-state index contributed by atoms with van der Waals surface area (Å²) in [5, 5.41) is 15.3. The van der Waals surface area contributed by atoms with Crippen molar-refractivity contribution in [3.63, 3.8) is 0 Å². The summed E-state index contributed by atoms with van der Waals surface area (Å²) in [7, 11) is 0. The maximum absolute atomic E-state index is 13.6. The predicted molar refractivity (Wildman–Crippen MR) is 133 cm³/mol. The average Bonchev–Trinajstić information content (AvgIpc) is 3.44. The number of carbonyl (C=O) groups is 2. The fourth-order valence-corrected chi connectivity index (χ4v) is 5.59. The number of rotatable bonds is 4. The Morgan fingerprint density at radius 3 is 2.75 bits per heavy atom. The lowest BCUT2D eigenvalue weighted by Crippen LogP contribution is -2.55. The maximum Gasteiger partial charge on any atom is 0.411 e. The Balaban J connectivity index is 1.32. The molecule has 4 atom stereocenters. The van der Waals surface area contributed by atoms with Crippen LogP contribution in [-0.4, -0.2) is 45.6 Å². The van der Waals surface area contributed by atoms with Crippen molar-refractivity contribution in [2.24, 2.45) is 5.92 Å². The first kappa shape index (κ1) is 24.0. The van der Waals surface area contributed by atoms with Crippen LogP contribution in [0.15, 0.2) is 42.6 Å². The van der Waals surface area contributed by atoms with Gasteiger partial charge in [-0.25, -0.2) is 9.18 Å². The van der Waals surface area contributed by atoms with Gasteiger partial charge in [0.05, 0.1) is 11.6 Å². The maximum atomic E-state index is 13.6. The topological polar surface area (TPSA) is 95.3 Å². The molecule has 2 bridgehead atoms. The van der Waals surface area contributed by atoms with E-state index in [9.17, 15) is 19.2 Å². The summed E-state index contributed by atoms with van der Waals surface area (Å²) >= 11 is 0. The molecule has 3 aromatic rings. The van der Waals surface area contributed by atoms with Gasteiger partial charge in [-0.3, -0.25) is 14.7 Å². The molecule has 1 aliphatic carbocycles. The first-order valence-corrected chi connectivity index (χ1v) is 12.3. The SMILES string of the molecule is CC(C)(C)OC(=O)N1C2CCC(C2)C1C(=O)NC(C#N)Cc1ccc2c(cnc3cc(F)ccc32)c1. The highest BCUT2D eigenvalue weighted by atomic mass is 19.1. The number of amides is 2. The van der Waals surface area contributed by atoms with Crippen LogP contribution in [0.1, 0.15) is 45.6 Å². The molecule has 2 amide bonds. The third-order valence-electron chi connectivity index (χ3n) is 7.08. The summed E-state index contributed by atoms with van der Waals surface area (Å²) < 4.78 is 19.1. The van der Waals surface area contributed by atoms with Crippen LogP contribution in [0.5, 0.6) is 0 Å². The van der Waals surface area contributed by atoms with Gasteiger partial charge in [0.2, 0.25) is 5.91 Å². The standard InChI is InChI=1S/C28H29FN4O3/c1-28(2,3)36-27(35)33-21-7-5-17(12-21)25(33)26(34)32-20(14-30)11-16-4-8-22-18(10-16)15-31-24-13-19(29)6-9-23(22)24/h4,6,8-10,13,15,17,20-21,25H,5,7,11-12H2,1-3H3,(H,32,34). The number of halogens is 1. The lowest BCUT2D eigenvalue weighted by atomic mass is 9.97. The first-order valence-electron chi connectivity index (χ1n) is 12.3. The van der Waals surface area contributed by atoms with E-state index in [1.54, 1.807) is 37.9 Å². The van der Waals surface area contributed by atoms with Gasteiger partial charge in [0.15, 0.2) is 0 Å². The molecule has 5 rings (SSSR count). The van der Waals surface area contributed by atoms with Gasteiger partial charge >= 0.3 is 6.09 Å². The smallest absolute Gasteiger partial charge is 0.411 e. The Bertz CT molecular complexity index is 1390. The number of aromatic nitrogens is 1. The molecule has 0 radical (unpaired) electrons. The van der Waals surface area contributed by atoms with Crippen molar-refractivity contribution in [3.05, 3.63) is 54.0 Å².